The van der Waals surface area contributed by atoms with Crippen molar-refractivity contribution < 1.29 is 0 Å². The largest absolute Gasteiger partial charge is 0.0856 e. The van der Waals surface area contributed by atoms with Crippen molar-refractivity contribution in [3.05, 3.63) is 70.4 Å². The molecule has 0 spiro atoms. The Morgan fingerprint density at radius 3 is 1.67 bits per heavy atom. The average Bonchev–Trinajstić information content (AvgIpc) is 2.64. The molecular weight excluding hydrogens is 360 g/mol. The Morgan fingerprint density at radius 2 is 1.13 bits per heavy atom. The highest BCUT2D eigenvalue weighted by molar-refractivity contribution is 5.12. The Morgan fingerprint density at radius 1 is 0.600 bits per heavy atom. The number of rotatable bonds is 15. The van der Waals surface area contributed by atoms with Gasteiger partial charge in [-0.25, -0.2) is 0 Å². The molecule has 0 rings (SSSR count). The fourth-order valence-electron chi connectivity index (χ4n) is 3.29. The van der Waals surface area contributed by atoms with E-state index >= 15 is 0 Å². The molecule has 30 heavy (non-hydrogen) atoms. The van der Waals surface area contributed by atoms with Crippen LogP contribution < -0.4 is 0 Å². The summed E-state index contributed by atoms with van der Waals surface area (Å²) in [7, 11) is 0. The van der Waals surface area contributed by atoms with E-state index in [2.05, 4.69) is 97.9 Å². The quantitative estimate of drug-likeness (QED) is 0.143. The molecule has 170 valence electrons. The molecule has 0 aliphatic heterocycles. The second-order valence-corrected chi connectivity index (χ2v) is 9.59. The minimum Gasteiger partial charge on any atom is -0.0856 e. The van der Waals surface area contributed by atoms with Gasteiger partial charge in [0.15, 0.2) is 0 Å². The van der Waals surface area contributed by atoms with Gasteiger partial charge in [0.1, 0.15) is 0 Å². The Balaban J connectivity index is 4.07. The first-order valence-corrected chi connectivity index (χ1v) is 12.1. The molecule has 0 bridgehead atoms. The van der Waals surface area contributed by atoms with Gasteiger partial charge in [-0.05, 0) is 112 Å². The molecule has 0 fully saturated rings. The highest BCUT2D eigenvalue weighted by Gasteiger charge is 1.96. The molecule has 0 amide bonds. The Labute approximate surface area is 189 Å². The van der Waals surface area contributed by atoms with Crippen LogP contribution in [0.1, 0.15) is 113 Å². The second kappa shape index (κ2) is 18.2. The van der Waals surface area contributed by atoms with Gasteiger partial charge >= 0.3 is 0 Å². The van der Waals surface area contributed by atoms with E-state index in [4.69, 9.17) is 0 Å². The molecule has 0 heterocycles. The van der Waals surface area contributed by atoms with Gasteiger partial charge in [-0.3, -0.25) is 0 Å². The van der Waals surface area contributed by atoms with E-state index in [1.165, 1.54) is 85.7 Å². The number of unbranched alkanes of at least 4 members (excludes halogenated alkanes) is 1. The van der Waals surface area contributed by atoms with Crippen LogP contribution in [-0.2, 0) is 0 Å². The van der Waals surface area contributed by atoms with Crippen LogP contribution in [0.3, 0.4) is 0 Å². The van der Waals surface area contributed by atoms with E-state index in [0.717, 1.165) is 0 Å². The van der Waals surface area contributed by atoms with Gasteiger partial charge in [0.05, 0.1) is 0 Å². The SMILES string of the molecule is CC(C)=CCC/C(C)=C/CCC/C(C)=C/C=C/[C@H](C)CC/C=C(\C)CCC=C(C)C. The van der Waals surface area contributed by atoms with Crippen LogP contribution in [0.5, 0.6) is 0 Å². The molecular formula is C30H50. The normalized spacial score (nSPS) is 14.2. The van der Waals surface area contributed by atoms with E-state index < -0.39 is 0 Å². The summed E-state index contributed by atoms with van der Waals surface area (Å²) in [5.41, 5.74) is 7.40. The molecule has 0 aliphatic carbocycles. The van der Waals surface area contributed by atoms with Crippen molar-refractivity contribution >= 4 is 0 Å². The molecule has 0 saturated heterocycles. The van der Waals surface area contributed by atoms with E-state index in [-0.39, 0.29) is 0 Å². The van der Waals surface area contributed by atoms with E-state index in [1.807, 2.05) is 0 Å². The van der Waals surface area contributed by atoms with Gasteiger partial charge in [0.25, 0.3) is 0 Å². The predicted octanol–water partition coefficient (Wildman–Crippen LogP) is 10.5. The topological polar surface area (TPSA) is 0 Å². The third-order valence-corrected chi connectivity index (χ3v) is 5.39. The van der Waals surface area contributed by atoms with E-state index in [0.29, 0.717) is 5.92 Å². The summed E-state index contributed by atoms with van der Waals surface area (Å²) in [6.07, 6.45) is 27.3. The Kier molecular flexibility index (Phi) is 17.3. The highest BCUT2D eigenvalue weighted by Crippen LogP contribution is 2.14. The maximum Gasteiger partial charge on any atom is -0.0256 e. The summed E-state index contributed by atoms with van der Waals surface area (Å²) in [6, 6.07) is 0. The first kappa shape index (κ1) is 28.4. The molecule has 0 radical (unpaired) electrons. The summed E-state index contributed by atoms with van der Waals surface area (Å²) in [5.74, 6) is 0.641. The molecule has 0 aromatic carbocycles. The van der Waals surface area contributed by atoms with Crippen LogP contribution >= 0.6 is 0 Å². The Bertz CT molecular complexity index is 623. The zero-order chi connectivity index (χ0) is 22.8. The smallest absolute Gasteiger partial charge is 0.0256 e. The van der Waals surface area contributed by atoms with Crippen LogP contribution in [-0.4, -0.2) is 0 Å². The first-order valence-electron chi connectivity index (χ1n) is 12.1. The molecule has 0 nitrogen and oxygen atoms in total. The monoisotopic (exact) mass is 410 g/mol. The van der Waals surface area contributed by atoms with Gasteiger partial charge in [0.2, 0.25) is 0 Å². The van der Waals surface area contributed by atoms with E-state index in [1.54, 1.807) is 0 Å². The lowest BCUT2D eigenvalue weighted by molar-refractivity contribution is 0.655. The zero-order valence-corrected chi connectivity index (χ0v) is 21.5. The summed E-state index contributed by atoms with van der Waals surface area (Å²) < 4.78 is 0. The summed E-state index contributed by atoms with van der Waals surface area (Å²) in [4.78, 5) is 0. The summed E-state index contributed by atoms with van der Waals surface area (Å²) in [5, 5.41) is 0. The molecule has 0 N–H and O–H groups in total. The second-order valence-electron chi connectivity index (χ2n) is 9.59. The Hall–Kier alpha value is -1.56. The molecule has 0 unspecified atom stereocenters. The van der Waals surface area contributed by atoms with Crippen molar-refractivity contribution in [3.63, 3.8) is 0 Å². The van der Waals surface area contributed by atoms with Crippen molar-refractivity contribution in [2.45, 2.75) is 113 Å². The van der Waals surface area contributed by atoms with E-state index in [9.17, 15) is 0 Å². The molecule has 0 aromatic rings. The lowest BCUT2D eigenvalue weighted by Gasteiger charge is -2.05. The average molecular weight is 411 g/mol. The minimum atomic E-state index is 0.641. The van der Waals surface area contributed by atoms with Crippen LogP contribution in [0.15, 0.2) is 70.4 Å². The van der Waals surface area contributed by atoms with Gasteiger partial charge in [-0.1, -0.05) is 77.3 Å². The van der Waals surface area contributed by atoms with Crippen molar-refractivity contribution in [1.29, 1.82) is 0 Å². The highest BCUT2D eigenvalue weighted by atomic mass is 14.0. The maximum absolute atomic E-state index is 2.43. The van der Waals surface area contributed by atoms with Crippen molar-refractivity contribution in [3.8, 4) is 0 Å². The van der Waals surface area contributed by atoms with Gasteiger partial charge in [-0.15, -0.1) is 0 Å². The van der Waals surface area contributed by atoms with Gasteiger partial charge in [0, 0.05) is 0 Å². The standard InChI is InChI=1S/C30H50/c1-25(2)15-11-19-27(5)17-9-10-18-28(6)21-13-23-30(8)24-14-22-29(7)20-12-16-26(3)4/h13,15-17,21-23,30H,9-12,14,18-20,24H2,1-8H3/b23-13+,27-17+,28-21+,29-22+/t30-/m0/s1. The third kappa shape index (κ3) is 19.7. The predicted molar refractivity (Wildman–Crippen MR) is 140 cm³/mol. The van der Waals surface area contributed by atoms with Crippen LogP contribution in [0, 0.1) is 5.92 Å². The van der Waals surface area contributed by atoms with Crippen molar-refractivity contribution in [2.24, 2.45) is 5.92 Å². The lowest BCUT2D eigenvalue weighted by atomic mass is 10.0. The number of hydrogen-bond donors (Lipinski definition) is 0. The third-order valence-electron chi connectivity index (χ3n) is 5.39. The fourth-order valence-corrected chi connectivity index (χ4v) is 3.29. The molecule has 0 heteroatoms. The maximum atomic E-state index is 2.43. The van der Waals surface area contributed by atoms with Crippen LogP contribution in [0.4, 0.5) is 0 Å². The molecule has 0 aromatic heterocycles. The van der Waals surface area contributed by atoms with Gasteiger partial charge < -0.3 is 0 Å². The number of allylic oxidation sites excluding steroid dienone is 12. The first-order chi connectivity index (χ1) is 14.2. The minimum absolute atomic E-state index is 0.641. The van der Waals surface area contributed by atoms with Crippen LogP contribution in [0.25, 0.3) is 0 Å². The van der Waals surface area contributed by atoms with Crippen molar-refractivity contribution in [1.82, 2.24) is 0 Å². The van der Waals surface area contributed by atoms with Gasteiger partial charge in [-0.2, -0.15) is 0 Å². The number of hydrogen-bond acceptors (Lipinski definition) is 0. The van der Waals surface area contributed by atoms with Crippen molar-refractivity contribution in [2.75, 3.05) is 0 Å². The van der Waals surface area contributed by atoms with Crippen LogP contribution in [0.2, 0.25) is 0 Å². The molecule has 0 aliphatic rings. The fraction of sp³-hybridized carbons (Fsp3) is 0.600. The lowest BCUT2D eigenvalue weighted by Crippen LogP contribution is -1.88. The zero-order valence-electron chi connectivity index (χ0n) is 21.5. The molecule has 1 atom stereocenters. The molecule has 0 saturated carbocycles. The summed E-state index contributed by atoms with van der Waals surface area (Å²) in [6.45, 7) is 17.8. The summed E-state index contributed by atoms with van der Waals surface area (Å²) >= 11 is 0.